The molecular weight excluding hydrogens is 330 g/mol. The SMILES string of the molecule is CCCOc1ccccc1C1C2=C(CC(C)(C)CC2=O)Nc2nnnn21. The number of rotatable bonds is 4. The molecule has 2 aliphatic rings. The van der Waals surface area contributed by atoms with Crippen LogP contribution in [0.25, 0.3) is 0 Å². The molecule has 1 aromatic heterocycles. The molecule has 0 spiro atoms. The second-order valence-corrected chi connectivity index (χ2v) is 7.69. The summed E-state index contributed by atoms with van der Waals surface area (Å²) in [5.74, 6) is 1.47. The molecule has 7 heteroatoms. The fraction of sp³-hybridized carbons (Fsp3) is 0.474. The largest absolute Gasteiger partial charge is 0.493 e. The van der Waals surface area contributed by atoms with Gasteiger partial charge in [-0.15, -0.1) is 0 Å². The second kappa shape index (κ2) is 6.23. The Labute approximate surface area is 152 Å². The summed E-state index contributed by atoms with van der Waals surface area (Å²) < 4.78 is 7.63. The van der Waals surface area contributed by atoms with Gasteiger partial charge in [0.25, 0.3) is 0 Å². The molecule has 1 aliphatic carbocycles. The fourth-order valence-corrected chi connectivity index (χ4v) is 3.81. The number of benzene rings is 1. The van der Waals surface area contributed by atoms with E-state index in [0.717, 1.165) is 35.4 Å². The zero-order valence-electron chi connectivity index (χ0n) is 15.3. The van der Waals surface area contributed by atoms with Gasteiger partial charge in [0.1, 0.15) is 11.8 Å². The van der Waals surface area contributed by atoms with Crippen molar-refractivity contribution in [3.8, 4) is 5.75 Å². The Kier molecular flexibility index (Phi) is 4.01. The van der Waals surface area contributed by atoms with Crippen LogP contribution in [0.1, 0.15) is 51.6 Å². The standard InChI is InChI=1S/C19H23N5O2/c1-4-9-26-15-8-6-5-7-12(15)17-16-13(10-19(2,3)11-14(16)25)20-18-21-22-23-24(17)18/h5-8,17H,4,9-11H2,1-3H3,(H,20,21,23). The monoisotopic (exact) mass is 353 g/mol. The van der Waals surface area contributed by atoms with E-state index in [9.17, 15) is 4.79 Å². The van der Waals surface area contributed by atoms with Gasteiger partial charge >= 0.3 is 0 Å². The van der Waals surface area contributed by atoms with Crippen molar-refractivity contribution in [1.29, 1.82) is 0 Å². The van der Waals surface area contributed by atoms with Gasteiger partial charge in [0.2, 0.25) is 5.95 Å². The number of carbonyl (C=O) groups excluding carboxylic acids is 1. The summed E-state index contributed by atoms with van der Waals surface area (Å²) in [6.45, 7) is 6.92. The summed E-state index contributed by atoms with van der Waals surface area (Å²) in [5, 5.41) is 15.3. The minimum absolute atomic E-state index is 0.0820. The number of tetrazole rings is 1. The molecule has 4 rings (SSSR count). The molecule has 0 saturated heterocycles. The lowest BCUT2D eigenvalue weighted by molar-refractivity contribution is -0.118. The number of nitrogens with zero attached hydrogens (tertiary/aromatic N) is 4. The summed E-state index contributed by atoms with van der Waals surface area (Å²) in [5.41, 5.74) is 2.50. The number of allylic oxidation sites excluding steroid dienone is 2. The molecule has 2 aromatic rings. The molecule has 136 valence electrons. The fourth-order valence-electron chi connectivity index (χ4n) is 3.81. The van der Waals surface area contributed by atoms with Crippen molar-refractivity contribution in [2.75, 3.05) is 11.9 Å². The molecule has 7 nitrogen and oxygen atoms in total. The summed E-state index contributed by atoms with van der Waals surface area (Å²) in [7, 11) is 0. The van der Waals surface area contributed by atoms with E-state index in [1.165, 1.54) is 0 Å². The number of nitrogens with one attached hydrogen (secondary N) is 1. The predicted molar refractivity (Wildman–Crippen MR) is 96.9 cm³/mol. The number of ketones is 1. The van der Waals surface area contributed by atoms with Gasteiger partial charge in [-0.25, -0.2) is 0 Å². The van der Waals surface area contributed by atoms with Gasteiger partial charge in [-0.3, -0.25) is 4.79 Å². The number of fused-ring (bicyclic) bond motifs is 1. The van der Waals surface area contributed by atoms with Crippen LogP contribution in [0.5, 0.6) is 5.75 Å². The zero-order chi connectivity index (χ0) is 18.3. The molecule has 0 radical (unpaired) electrons. The zero-order valence-corrected chi connectivity index (χ0v) is 15.3. The molecule has 2 heterocycles. The topological polar surface area (TPSA) is 81.9 Å². The molecule has 1 unspecified atom stereocenters. The van der Waals surface area contributed by atoms with Crippen LogP contribution in [0.4, 0.5) is 5.95 Å². The van der Waals surface area contributed by atoms with E-state index >= 15 is 0 Å². The molecule has 26 heavy (non-hydrogen) atoms. The van der Waals surface area contributed by atoms with Gasteiger partial charge in [-0.1, -0.05) is 44.1 Å². The van der Waals surface area contributed by atoms with Crippen LogP contribution in [0.15, 0.2) is 35.5 Å². The van der Waals surface area contributed by atoms with Gasteiger partial charge in [0.05, 0.1) is 6.61 Å². The Morgan fingerprint density at radius 2 is 2.12 bits per heavy atom. The number of carbonyl (C=O) groups is 1. The van der Waals surface area contributed by atoms with Gasteiger partial charge in [-0.2, -0.15) is 4.68 Å². The van der Waals surface area contributed by atoms with E-state index in [4.69, 9.17) is 4.74 Å². The molecule has 1 atom stereocenters. The van der Waals surface area contributed by atoms with E-state index in [1.54, 1.807) is 4.68 Å². The Morgan fingerprint density at radius 3 is 2.92 bits per heavy atom. The van der Waals surface area contributed by atoms with Crippen LogP contribution < -0.4 is 10.1 Å². The summed E-state index contributed by atoms with van der Waals surface area (Å²) in [4.78, 5) is 13.1. The number of hydrogen-bond acceptors (Lipinski definition) is 6. The summed E-state index contributed by atoms with van der Waals surface area (Å²) in [6, 6.07) is 7.46. The first-order chi connectivity index (χ1) is 12.5. The normalized spacial score (nSPS) is 21.0. The van der Waals surface area contributed by atoms with Crippen molar-refractivity contribution >= 4 is 11.7 Å². The van der Waals surface area contributed by atoms with Gasteiger partial charge in [-0.05, 0) is 34.7 Å². The lowest BCUT2D eigenvalue weighted by atomic mass is 9.73. The molecule has 1 aromatic carbocycles. The van der Waals surface area contributed by atoms with Crippen molar-refractivity contribution in [1.82, 2.24) is 20.2 Å². The number of Topliss-reactive ketones (excluding diaryl/α,β-unsaturated/α-hetero) is 1. The van der Waals surface area contributed by atoms with Gasteiger partial charge < -0.3 is 10.1 Å². The molecule has 0 bridgehead atoms. The van der Waals surface area contributed by atoms with Crippen LogP contribution in [0, 0.1) is 5.41 Å². The van der Waals surface area contributed by atoms with Gasteiger partial charge in [0, 0.05) is 23.3 Å². The summed E-state index contributed by atoms with van der Waals surface area (Å²) >= 11 is 0. The van der Waals surface area contributed by atoms with Crippen molar-refractivity contribution < 1.29 is 9.53 Å². The average Bonchev–Trinajstić information content (AvgIpc) is 3.05. The molecular formula is C19H23N5O2. The molecule has 1 aliphatic heterocycles. The molecule has 0 fully saturated rings. The highest BCUT2D eigenvalue weighted by atomic mass is 16.5. The third kappa shape index (κ3) is 2.77. The highest BCUT2D eigenvalue weighted by Gasteiger charge is 2.42. The Hall–Kier alpha value is -2.70. The predicted octanol–water partition coefficient (Wildman–Crippen LogP) is 3.12. The van der Waals surface area contributed by atoms with Crippen LogP contribution in [0.3, 0.4) is 0 Å². The van der Waals surface area contributed by atoms with Crippen molar-refractivity contribution in [2.45, 2.75) is 46.1 Å². The third-order valence-corrected chi connectivity index (χ3v) is 4.87. The minimum Gasteiger partial charge on any atom is -0.493 e. The smallest absolute Gasteiger partial charge is 0.248 e. The lowest BCUT2D eigenvalue weighted by Crippen LogP contribution is -2.36. The Morgan fingerprint density at radius 1 is 1.31 bits per heavy atom. The minimum atomic E-state index is -0.368. The van der Waals surface area contributed by atoms with E-state index in [2.05, 4.69) is 41.6 Å². The third-order valence-electron chi connectivity index (χ3n) is 4.87. The Balaban J connectivity index is 1.87. The van der Waals surface area contributed by atoms with Crippen molar-refractivity contribution in [3.63, 3.8) is 0 Å². The number of para-hydroxylation sites is 1. The van der Waals surface area contributed by atoms with Crippen molar-refractivity contribution in [2.24, 2.45) is 5.41 Å². The van der Waals surface area contributed by atoms with E-state index in [0.29, 0.717) is 19.0 Å². The lowest BCUT2D eigenvalue weighted by Gasteiger charge is -2.38. The first kappa shape index (κ1) is 16.8. The number of anilines is 1. The van der Waals surface area contributed by atoms with Crippen LogP contribution in [0.2, 0.25) is 0 Å². The summed E-state index contributed by atoms with van der Waals surface area (Å²) in [6.07, 6.45) is 2.21. The molecule has 0 amide bonds. The quantitative estimate of drug-likeness (QED) is 0.909. The highest BCUT2D eigenvalue weighted by molar-refractivity contribution is 6.00. The maximum absolute atomic E-state index is 13.1. The van der Waals surface area contributed by atoms with Crippen LogP contribution in [-0.2, 0) is 4.79 Å². The van der Waals surface area contributed by atoms with E-state index < -0.39 is 0 Å². The van der Waals surface area contributed by atoms with E-state index in [1.807, 2.05) is 24.3 Å². The second-order valence-electron chi connectivity index (χ2n) is 7.69. The van der Waals surface area contributed by atoms with Crippen molar-refractivity contribution in [3.05, 3.63) is 41.1 Å². The average molecular weight is 353 g/mol. The maximum atomic E-state index is 13.1. The maximum Gasteiger partial charge on any atom is 0.248 e. The number of ether oxygens (including phenoxy) is 1. The van der Waals surface area contributed by atoms with Crippen LogP contribution >= 0.6 is 0 Å². The number of aromatic nitrogens is 4. The first-order valence-electron chi connectivity index (χ1n) is 9.03. The first-order valence-corrected chi connectivity index (χ1v) is 9.03. The van der Waals surface area contributed by atoms with Crippen LogP contribution in [-0.4, -0.2) is 32.6 Å². The molecule has 1 N–H and O–H groups in total. The molecule has 0 saturated carbocycles. The van der Waals surface area contributed by atoms with E-state index in [-0.39, 0.29) is 17.2 Å². The number of hydrogen-bond donors (Lipinski definition) is 1. The Bertz CT molecular complexity index is 884. The highest BCUT2D eigenvalue weighted by Crippen LogP contribution is 2.46. The van der Waals surface area contributed by atoms with Gasteiger partial charge in [0.15, 0.2) is 5.78 Å².